The number of carbonyl (C=O) groups is 1. The third kappa shape index (κ3) is 3.59. The zero-order chi connectivity index (χ0) is 17.2. The van der Waals surface area contributed by atoms with Crippen LogP contribution in [0.25, 0.3) is 10.1 Å². The smallest absolute Gasteiger partial charge is 0.307 e. The quantitative estimate of drug-likeness (QED) is 0.900. The Bertz CT molecular complexity index is 750. The van der Waals surface area contributed by atoms with Crippen LogP contribution in [0.15, 0.2) is 23.6 Å². The number of fused-ring (bicyclic) bond motifs is 1. The number of nitrogens with zero attached hydrogens (tertiary/aromatic N) is 1. The summed E-state index contributed by atoms with van der Waals surface area (Å²) in [5, 5.41) is 12.3. The number of rotatable bonds is 4. The number of hydrogen-bond donors (Lipinski definition) is 1. The Balaban J connectivity index is 1.64. The maximum absolute atomic E-state index is 11.1. The van der Waals surface area contributed by atoms with Crippen molar-refractivity contribution in [3.05, 3.63) is 34.7 Å². The SMILES string of the molecule is O=C(O)Cc1csc2ccc(C3CCCCC3N3CCOCC3)cc12. The number of hydrogen-bond acceptors (Lipinski definition) is 4. The van der Waals surface area contributed by atoms with Gasteiger partial charge in [-0.05, 0) is 52.8 Å². The number of ether oxygens (including phenoxy) is 1. The van der Waals surface area contributed by atoms with Gasteiger partial charge >= 0.3 is 5.97 Å². The molecule has 0 radical (unpaired) electrons. The van der Waals surface area contributed by atoms with E-state index in [4.69, 9.17) is 9.84 Å². The molecule has 0 spiro atoms. The molecule has 1 aliphatic carbocycles. The molecule has 5 heteroatoms. The second-order valence-electron chi connectivity index (χ2n) is 7.19. The maximum Gasteiger partial charge on any atom is 0.307 e. The van der Waals surface area contributed by atoms with Gasteiger partial charge < -0.3 is 9.84 Å². The molecule has 2 heterocycles. The Morgan fingerprint density at radius 1 is 1.24 bits per heavy atom. The molecule has 2 aromatic rings. The summed E-state index contributed by atoms with van der Waals surface area (Å²) in [5.41, 5.74) is 2.34. The average Bonchev–Trinajstić information content (AvgIpc) is 3.04. The molecule has 1 saturated heterocycles. The normalized spacial score (nSPS) is 25.3. The summed E-state index contributed by atoms with van der Waals surface area (Å²) in [4.78, 5) is 13.8. The fourth-order valence-corrected chi connectivity index (χ4v) is 5.42. The molecule has 2 aliphatic rings. The Morgan fingerprint density at radius 2 is 2.04 bits per heavy atom. The average molecular weight is 359 g/mol. The van der Waals surface area contributed by atoms with Gasteiger partial charge in [0.1, 0.15) is 0 Å². The van der Waals surface area contributed by atoms with Crippen LogP contribution in [0.3, 0.4) is 0 Å². The van der Waals surface area contributed by atoms with Gasteiger partial charge in [0.15, 0.2) is 0 Å². The number of benzene rings is 1. The van der Waals surface area contributed by atoms with E-state index in [2.05, 4.69) is 23.1 Å². The topological polar surface area (TPSA) is 49.8 Å². The summed E-state index contributed by atoms with van der Waals surface area (Å²) < 4.78 is 6.73. The third-order valence-corrected chi connectivity index (χ3v) is 6.70. The van der Waals surface area contributed by atoms with E-state index in [1.165, 1.54) is 35.9 Å². The Labute approximate surface area is 152 Å². The maximum atomic E-state index is 11.1. The highest BCUT2D eigenvalue weighted by Crippen LogP contribution is 2.39. The lowest BCUT2D eigenvalue weighted by molar-refractivity contribution is -0.136. The first-order valence-electron chi connectivity index (χ1n) is 9.26. The lowest BCUT2D eigenvalue weighted by Crippen LogP contribution is -2.47. The molecule has 2 atom stereocenters. The summed E-state index contributed by atoms with van der Waals surface area (Å²) >= 11 is 1.65. The number of aliphatic carboxylic acids is 1. The van der Waals surface area contributed by atoms with Crippen LogP contribution in [0.2, 0.25) is 0 Å². The van der Waals surface area contributed by atoms with Gasteiger partial charge in [-0.1, -0.05) is 18.9 Å². The van der Waals surface area contributed by atoms with Crippen LogP contribution in [0.1, 0.15) is 42.7 Å². The van der Waals surface area contributed by atoms with E-state index in [9.17, 15) is 4.79 Å². The second kappa shape index (κ2) is 7.44. The van der Waals surface area contributed by atoms with Crippen LogP contribution < -0.4 is 0 Å². The standard InChI is InChI=1S/C20H25NO3S/c22-20(23)12-15-13-25-19-6-5-14(11-17(15)19)16-3-1-2-4-18(16)21-7-9-24-10-8-21/h5-6,11,13,16,18H,1-4,7-10,12H2,(H,22,23). The fraction of sp³-hybridized carbons (Fsp3) is 0.550. The number of carboxylic acids is 1. The minimum atomic E-state index is -0.756. The van der Waals surface area contributed by atoms with Crippen molar-refractivity contribution >= 4 is 27.4 Å². The zero-order valence-corrected chi connectivity index (χ0v) is 15.3. The van der Waals surface area contributed by atoms with Gasteiger partial charge in [-0.2, -0.15) is 0 Å². The van der Waals surface area contributed by atoms with Crippen molar-refractivity contribution < 1.29 is 14.6 Å². The highest BCUT2D eigenvalue weighted by atomic mass is 32.1. The minimum Gasteiger partial charge on any atom is -0.481 e. The lowest BCUT2D eigenvalue weighted by Gasteiger charge is -2.42. The molecule has 0 bridgehead atoms. The largest absolute Gasteiger partial charge is 0.481 e. The van der Waals surface area contributed by atoms with Gasteiger partial charge in [-0.15, -0.1) is 11.3 Å². The van der Waals surface area contributed by atoms with Gasteiger partial charge in [0.05, 0.1) is 19.6 Å². The third-order valence-electron chi connectivity index (χ3n) is 5.69. The van der Waals surface area contributed by atoms with Gasteiger partial charge in [0.25, 0.3) is 0 Å². The van der Waals surface area contributed by atoms with Crippen molar-refractivity contribution in [3.8, 4) is 0 Å². The minimum absolute atomic E-state index is 0.112. The van der Waals surface area contributed by atoms with Gasteiger partial charge in [0.2, 0.25) is 0 Å². The first-order valence-corrected chi connectivity index (χ1v) is 10.1. The zero-order valence-electron chi connectivity index (χ0n) is 14.4. The molecule has 4 nitrogen and oxygen atoms in total. The van der Waals surface area contributed by atoms with Crippen LogP contribution in [0.4, 0.5) is 0 Å². The summed E-state index contributed by atoms with van der Waals surface area (Å²) in [6, 6.07) is 7.32. The Morgan fingerprint density at radius 3 is 2.84 bits per heavy atom. The highest BCUT2D eigenvalue weighted by Gasteiger charge is 2.32. The van der Waals surface area contributed by atoms with Crippen LogP contribution in [0.5, 0.6) is 0 Å². The molecule has 4 rings (SSSR count). The molecule has 1 saturated carbocycles. The van der Waals surface area contributed by atoms with E-state index in [0.29, 0.717) is 12.0 Å². The van der Waals surface area contributed by atoms with Crippen molar-refractivity contribution in [2.75, 3.05) is 26.3 Å². The predicted octanol–water partition coefficient (Wildman–Crippen LogP) is 3.89. The van der Waals surface area contributed by atoms with Crippen LogP contribution in [-0.4, -0.2) is 48.3 Å². The highest BCUT2D eigenvalue weighted by molar-refractivity contribution is 7.17. The Hall–Kier alpha value is -1.43. The van der Waals surface area contributed by atoms with Crippen LogP contribution >= 0.6 is 11.3 Å². The molecular formula is C20H25NO3S. The molecule has 2 fully saturated rings. The number of thiophene rings is 1. The summed E-state index contributed by atoms with van der Waals surface area (Å²) in [7, 11) is 0. The molecule has 0 amide bonds. The molecular weight excluding hydrogens is 334 g/mol. The summed E-state index contributed by atoms with van der Waals surface area (Å²) in [6.45, 7) is 3.75. The number of carboxylic acid groups (broad SMARTS) is 1. The molecule has 25 heavy (non-hydrogen) atoms. The second-order valence-corrected chi connectivity index (χ2v) is 8.10. The van der Waals surface area contributed by atoms with Crippen molar-refractivity contribution in [2.45, 2.75) is 44.1 Å². The Kier molecular flexibility index (Phi) is 5.06. The van der Waals surface area contributed by atoms with Crippen LogP contribution in [0, 0.1) is 0 Å². The van der Waals surface area contributed by atoms with Crippen LogP contribution in [-0.2, 0) is 16.0 Å². The summed E-state index contributed by atoms with van der Waals surface area (Å²) in [6.07, 6.45) is 5.19. The first kappa shape index (κ1) is 17.0. The van der Waals surface area contributed by atoms with E-state index in [0.717, 1.165) is 37.3 Å². The molecule has 1 aliphatic heterocycles. The van der Waals surface area contributed by atoms with E-state index < -0.39 is 5.97 Å². The molecule has 1 aromatic carbocycles. The van der Waals surface area contributed by atoms with E-state index in [-0.39, 0.29) is 6.42 Å². The summed E-state index contributed by atoms with van der Waals surface area (Å²) in [5.74, 6) is -0.206. The first-order chi connectivity index (χ1) is 12.2. The molecule has 1 N–H and O–H groups in total. The van der Waals surface area contributed by atoms with Crippen molar-refractivity contribution in [1.82, 2.24) is 4.90 Å². The lowest BCUT2D eigenvalue weighted by atomic mass is 9.78. The van der Waals surface area contributed by atoms with Gasteiger partial charge in [-0.25, -0.2) is 0 Å². The van der Waals surface area contributed by atoms with Gasteiger partial charge in [-0.3, -0.25) is 9.69 Å². The fourth-order valence-electron chi connectivity index (χ4n) is 4.48. The predicted molar refractivity (Wildman–Crippen MR) is 101 cm³/mol. The monoisotopic (exact) mass is 359 g/mol. The van der Waals surface area contributed by atoms with Crippen molar-refractivity contribution in [3.63, 3.8) is 0 Å². The molecule has 134 valence electrons. The van der Waals surface area contributed by atoms with Gasteiger partial charge in [0, 0.05) is 23.8 Å². The van der Waals surface area contributed by atoms with E-state index >= 15 is 0 Å². The molecule has 2 unspecified atom stereocenters. The van der Waals surface area contributed by atoms with Crippen molar-refractivity contribution in [1.29, 1.82) is 0 Å². The van der Waals surface area contributed by atoms with Crippen molar-refractivity contribution in [2.24, 2.45) is 0 Å². The molecule has 1 aromatic heterocycles. The number of morpholine rings is 1. The van der Waals surface area contributed by atoms with E-state index in [1.54, 1.807) is 11.3 Å². The van der Waals surface area contributed by atoms with E-state index in [1.807, 2.05) is 5.38 Å².